The average Bonchev–Trinajstić information content (AvgIpc) is 3.26. The van der Waals surface area contributed by atoms with Crippen LogP contribution in [0.5, 0.6) is 0 Å². The highest BCUT2D eigenvalue weighted by molar-refractivity contribution is 7.83. The van der Waals surface area contributed by atoms with E-state index < -0.39 is 7.14 Å². The Morgan fingerprint density at radius 2 is 1.17 bits per heavy atom. The van der Waals surface area contributed by atoms with Gasteiger partial charge in [0.1, 0.15) is 0 Å². The van der Waals surface area contributed by atoms with E-state index in [1.807, 2.05) is 18.2 Å². The van der Waals surface area contributed by atoms with E-state index in [0.717, 1.165) is 71.6 Å². The molecule has 6 rings (SSSR count). The second-order valence-electron chi connectivity index (χ2n) is 11.0. The molecule has 1 aliphatic heterocycles. The molecule has 0 amide bonds. The Balaban J connectivity index is 1.56. The maximum atomic E-state index is 15.5. The number of hydrogen-bond donors (Lipinski definition) is 0. The van der Waals surface area contributed by atoms with Gasteiger partial charge in [0, 0.05) is 33.0 Å². The Kier molecular flexibility index (Phi) is 7.95. The number of rotatable bonds is 10. The normalized spacial score (nSPS) is 16.2. The molecule has 0 saturated heterocycles. The summed E-state index contributed by atoms with van der Waals surface area (Å²) in [5, 5.41) is 5.50. The van der Waals surface area contributed by atoms with Crippen LogP contribution in [0.1, 0.15) is 57.9 Å². The predicted octanol–water partition coefficient (Wildman–Crippen LogP) is 10.7. The monoisotopic (exact) mass is 555 g/mol. The topological polar surface area (TPSA) is 20.3 Å². The van der Waals surface area contributed by atoms with E-state index in [-0.39, 0.29) is 0 Å². The summed E-state index contributed by atoms with van der Waals surface area (Å²) in [5.74, 6) is 0. The third-order valence-corrected chi connectivity index (χ3v) is 11.6. The second kappa shape index (κ2) is 11.9. The van der Waals surface area contributed by atoms with Gasteiger partial charge in [0.2, 0.25) is 0 Å². The molecule has 0 radical (unpaired) electrons. The Morgan fingerprint density at radius 3 is 1.78 bits per heavy atom. The van der Waals surface area contributed by atoms with Gasteiger partial charge in [-0.15, -0.1) is 0 Å². The first-order valence-electron chi connectivity index (χ1n) is 15.0. The van der Waals surface area contributed by atoms with Crippen molar-refractivity contribution < 1.29 is 4.57 Å². The van der Waals surface area contributed by atoms with Crippen LogP contribution < -0.4 is 15.5 Å². The van der Waals surface area contributed by atoms with Crippen LogP contribution in [0.25, 0.3) is 16.3 Å². The number of allylic oxidation sites excluding steroid dienone is 2. The van der Waals surface area contributed by atoms with Gasteiger partial charge in [-0.05, 0) is 96.1 Å². The first kappa shape index (κ1) is 27.3. The molecule has 0 spiro atoms. The number of benzene rings is 5. The van der Waals surface area contributed by atoms with Gasteiger partial charge in [-0.1, -0.05) is 99.5 Å². The minimum absolute atomic E-state index is 0.897. The molecule has 5 aromatic rings. The van der Waals surface area contributed by atoms with Crippen molar-refractivity contribution in [3.63, 3.8) is 0 Å². The fraction of sp³-hybridized carbons (Fsp3) is 0.211. The van der Waals surface area contributed by atoms with E-state index in [1.165, 1.54) is 21.8 Å². The van der Waals surface area contributed by atoms with Crippen molar-refractivity contribution in [1.29, 1.82) is 0 Å². The summed E-state index contributed by atoms with van der Waals surface area (Å²) >= 11 is 0. The van der Waals surface area contributed by atoms with Crippen LogP contribution in [0.4, 0.5) is 17.1 Å². The standard InChI is InChI=1S/C38H38NOP/c1-3-5-22-35-36-27-29-24-25-33(39(31-16-10-7-11-17-31)32-18-12-8-13-19-32)26-30(29)28-38(36)41(40,37(35)23-6-4-2)34-20-14-9-15-21-34/h7-21,24-28H,3-6,22-23H2,1-2H3. The van der Waals surface area contributed by atoms with Crippen LogP contribution in [-0.2, 0) is 4.57 Å². The van der Waals surface area contributed by atoms with Crippen LogP contribution in [0.15, 0.2) is 127 Å². The molecule has 2 nitrogen and oxygen atoms in total. The molecule has 206 valence electrons. The summed E-state index contributed by atoms with van der Waals surface area (Å²) in [6.07, 6.45) is 6.27. The van der Waals surface area contributed by atoms with Gasteiger partial charge in [0.15, 0.2) is 7.14 Å². The predicted molar refractivity (Wildman–Crippen MR) is 178 cm³/mol. The number of para-hydroxylation sites is 2. The van der Waals surface area contributed by atoms with Crippen molar-refractivity contribution in [2.75, 3.05) is 4.90 Å². The van der Waals surface area contributed by atoms with Crippen LogP contribution in [0.2, 0.25) is 0 Å². The molecule has 0 saturated carbocycles. The zero-order chi connectivity index (χ0) is 28.2. The number of unbranched alkanes of at least 4 members (excludes halogenated alkanes) is 2. The van der Waals surface area contributed by atoms with Gasteiger partial charge in [0.25, 0.3) is 0 Å². The van der Waals surface area contributed by atoms with Crippen molar-refractivity contribution in [3.05, 3.63) is 132 Å². The minimum Gasteiger partial charge on any atom is -0.310 e. The van der Waals surface area contributed by atoms with E-state index in [1.54, 1.807) is 0 Å². The van der Waals surface area contributed by atoms with Crippen molar-refractivity contribution in [1.82, 2.24) is 0 Å². The fourth-order valence-corrected chi connectivity index (χ4v) is 9.64. The van der Waals surface area contributed by atoms with Crippen LogP contribution in [0, 0.1) is 0 Å². The molecule has 0 fully saturated rings. The smallest absolute Gasteiger partial charge is 0.168 e. The summed E-state index contributed by atoms with van der Waals surface area (Å²) < 4.78 is 15.5. The highest BCUT2D eigenvalue weighted by Gasteiger charge is 2.41. The molecule has 1 heterocycles. The summed E-state index contributed by atoms with van der Waals surface area (Å²) in [6, 6.07) is 42.5. The molecule has 0 bridgehead atoms. The molecule has 0 aliphatic carbocycles. The molecular weight excluding hydrogens is 517 g/mol. The van der Waals surface area contributed by atoms with E-state index in [0.29, 0.717) is 0 Å². The Hall–Kier alpha value is -3.87. The summed E-state index contributed by atoms with van der Waals surface area (Å²) in [5.41, 5.74) is 5.86. The van der Waals surface area contributed by atoms with Crippen molar-refractivity contribution >= 4 is 51.2 Å². The minimum atomic E-state index is -2.94. The van der Waals surface area contributed by atoms with Gasteiger partial charge in [-0.2, -0.15) is 0 Å². The highest BCUT2D eigenvalue weighted by Crippen LogP contribution is 2.62. The van der Waals surface area contributed by atoms with Crippen molar-refractivity contribution in [3.8, 4) is 0 Å². The first-order chi connectivity index (χ1) is 20.1. The van der Waals surface area contributed by atoms with Gasteiger partial charge in [-0.25, -0.2) is 0 Å². The summed E-state index contributed by atoms with van der Waals surface area (Å²) in [4.78, 5) is 2.29. The third kappa shape index (κ3) is 5.07. The number of hydrogen-bond acceptors (Lipinski definition) is 2. The molecular formula is C38H38NOP. The van der Waals surface area contributed by atoms with Gasteiger partial charge >= 0.3 is 0 Å². The van der Waals surface area contributed by atoms with Crippen LogP contribution in [-0.4, -0.2) is 0 Å². The third-order valence-electron chi connectivity index (χ3n) is 8.29. The molecule has 0 aromatic heterocycles. The maximum absolute atomic E-state index is 15.5. The van der Waals surface area contributed by atoms with Gasteiger partial charge < -0.3 is 9.46 Å². The molecule has 1 atom stereocenters. The van der Waals surface area contributed by atoms with E-state index >= 15 is 4.57 Å². The lowest BCUT2D eigenvalue weighted by molar-refractivity contribution is 0.589. The molecule has 5 aromatic carbocycles. The Morgan fingerprint density at radius 1 is 0.585 bits per heavy atom. The first-order valence-corrected chi connectivity index (χ1v) is 16.7. The molecule has 3 heteroatoms. The fourth-order valence-electron chi connectivity index (χ4n) is 6.22. The van der Waals surface area contributed by atoms with E-state index in [9.17, 15) is 0 Å². The van der Waals surface area contributed by atoms with E-state index in [4.69, 9.17) is 0 Å². The molecule has 41 heavy (non-hydrogen) atoms. The lowest BCUT2D eigenvalue weighted by Crippen LogP contribution is -2.16. The molecule has 1 aliphatic rings. The lowest BCUT2D eigenvalue weighted by atomic mass is 9.96. The largest absolute Gasteiger partial charge is 0.310 e. The van der Waals surface area contributed by atoms with Gasteiger partial charge in [0.05, 0.1) is 0 Å². The summed E-state index contributed by atoms with van der Waals surface area (Å²) in [6.45, 7) is 4.47. The molecule has 1 unspecified atom stereocenters. The quantitative estimate of drug-likeness (QED) is 0.160. The second-order valence-corrected chi connectivity index (χ2v) is 13.7. The SMILES string of the molecule is CCCCC1=C(CCCC)P(=O)(c2ccccc2)c2cc3cc(N(c4ccccc4)c4ccccc4)ccc3cc21. The van der Waals surface area contributed by atoms with Crippen molar-refractivity contribution in [2.24, 2.45) is 0 Å². The lowest BCUT2D eigenvalue weighted by Gasteiger charge is -2.26. The van der Waals surface area contributed by atoms with Crippen LogP contribution >= 0.6 is 7.14 Å². The van der Waals surface area contributed by atoms with E-state index in [2.05, 4.69) is 122 Å². The van der Waals surface area contributed by atoms with Crippen LogP contribution in [0.3, 0.4) is 0 Å². The van der Waals surface area contributed by atoms with Crippen molar-refractivity contribution in [2.45, 2.75) is 52.4 Å². The van der Waals surface area contributed by atoms with Gasteiger partial charge in [-0.3, -0.25) is 0 Å². The zero-order valence-electron chi connectivity index (χ0n) is 24.1. The summed E-state index contributed by atoms with van der Waals surface area (Å²) in [7, 11) is -2.94. The zero-order valence-corrected chi connectivity index (χ0v) is 25.0. The highest BCUT2D eigenvalue weighted by atomic mass is 31.2. The molecule has 0 N–H and O–H groups in total. The average molecular weight is 556 g/mol. The number of fused-ring (bicyclic) bond motifs is 2. The maximum Gasteiger partial charge on any atom is 0.168 e. The Labute approximate surface area is 244 Å². The Bertz CT molecular complexity index is 1690. The number of anilines is 3. The number of nitrogens with zero attached hydrogens (tertiary/aromatic N) is 1.